The fraction of sp³-hybridized carbons (Fsp3) is 0.600. The summed E-state index contributed by atoms with van der Waals surface area (Å²) in [4.78, 5) is 0. The number of ether oxygens (including phenoxy) is 1. The van der Waals surface area contributed by atoms with Gasteiger partial charge in [-0.25, -0.2) is 0 Å². The van der Waals surface area contributed by atoms with E-state index in [1.807, 2.05) is 12.1 Å². The lowest BCUT2D eigenvalue weighted by atomic mass is 9.71. The van der Waals surface area contributed by atoms with Gasteiger partial charge >= 0.3 is 0 Å². The van der Waals surface area contributed by atoms with Crippen LogP contribution in [-0.4, -0.2) is 12.6 Å². The van der Waals surface area contributed by atoms with E-state index in [0.29, 0.717) is 5.92 Å². The van der Waals surface area contributed by atoms with Crippen molar-refractivity contribution in [3.63, 3.8) is 0 Å². The summed E-state index contributed by atoms with van der Waals surface area (Å²) < 4.78 is 6.53. The van der Waals surface area contributed by atoms with Crippen molar-refractivity contribution < 1.29 is 4.74 Å². The Labute approximate surface area is 118 Å². The van der Waals surface area contributed by atoms with Gasteiger partial charge in [0, 0.05) is 10.0 Å². The molecule has 1 fully saturated rings. The van der Waals surface area contributed by atoms with Gasteiger partial charge in [-0.15, -0.1) is 0 Å². The second-order valence-corrected chi connectivity index (χ2v) is 6.43. The Morgan fingerprint density at radius 2 is 2.22 bits per heavy atom. The van der Waals surface area contributed by atoms with Gasteiger partial charge in [-0.2, -0.15) is 0 Å². The van der Waals surface area contributed by atoms with E-state index >= 15 is 0 Å². The Morgan fingerprint density at radius 3 is 2.89 bits per heavy atom. The second-order valence-electron chi connectivity index (χ2n) is 5.51. The molecule has 0 spiro atoms. The maximum absolute atomic E-state index is 6.64. The average molecular weight is 312 g/mol. The number of rotatable bonds is 3. The maximum Gasteiger partial charge on any atom is 0.122 e. The molecule has 2 N–H and O–H groups in total. The molecule has 1 saturated carbocycles. The van der Waals surface area contributed by atoms with Crippen LogP contribution >= 0.6 is 15.9 Å². The molecule has 100 valence electrons. The van der Waals surface area contributed by atoms with E-state index < -0.39 is 0 Å². The van der Waals surface area contributed by atoms with Gasteiger partial charge in [0.15, 0.2) is 0 Å². The molecular formula is C15H22BrNO. The first kappa shape index (κ1) is 13.9. The third kappa shape index (κ3) is 2.89. The Balaban J connectivity index is 2.24. The second kappa shape index (κ2) is 5.62. The fourth-order valence-electron chi connectivity index (χ4n) is 2.94. The van der Waals surface area contributed by atoms with Crippen LogP contribution < -0.4 is 10.5 Å². The molecule has 1 aromatic carbocycles. The summed E-state index contributed by atoms with van der Waals surface area (Å²) in [5.74, 6) is 1.52. The first-order valence-corrected chi connectivity index (χ1v) is 7.46. The van der Waals surface area contributed by atoms with Crippen LogP contribution in [0.25, 0.3) is 0 Å². The number of benzene rings is 1. The van der Waals surface area contributed by atoms with Crippen molar-refractivity contribution in [3.8, 4) is 5.75 Å². The number of halogens is 1. The zero-order chi connectivity index (χ0) is 13.2. The molecule has 0 bridgehead atoms. The maximum atomic E-state index is 6.64. The molecule has 1 aliphatic rings. The summed E-state index contributed by atoms with van der Waals surface area (Å²) in [5, 5.41) is 0. The molecular weight excluding hydrogens is 290 g/mol. The third-order valence-electron chi connectivity index (χ3n) is 4.27. The van der Waals surface area contributed by atoms with E-state index in [0.717, 1.165) is 23.1 Å². The summed E-state index contributed by atoms with van der Waals surface area (Å²) in [6, 6.07) is 6.15. The zero-order valence-corrected chi connectivity index (χ0v) is 12.8. The van der Waals surface area contributed by atoms with Crippen molar-refractivity contribution in [1.82, 2.24) is 0 Å². The molecule has 0 amide bonds. The summed E-state index contributed by atoms with van der Waals surface area (Å²) >= 11 is 3.53. The molecule has 2 unspecified atom stereocenters. The predicted molar refractivity (Wildman–Crippen MR) is 78.9 cm³/mol. The lowest BCUT2D eigenvalue weighted by Gasteiger charge is -2.40. The minimum absolute atomic E-state index is 0.0771. The number of hydrogen-bond acceptors (Lipinski definition) is 2. The molecule has 0 aromatic heterocycles. The van der Waals surface area contributed by atoms with Gasteiger partial charge in [0.05, 0.1) is 7.11 Å². The van der Waals surface area contributed by atoms with Crippen molar-refractivity contribution in [3.05, 3.63) is 28.2 Å². The minimum atomic E-state index is -0.0771. The van der Waals surface area contributed by atoms with E-state index in [-0.39, 0.29) is 5.54 Å². The highest BCUT2D eigenvalue weighted by Crippen LogP contribution is 2.36. The molecule has 2 nitrogen and oxygen atoms in total. The van der Waals surface area contributed by atoms with Crippen LogP contribution in [0.2, 0.25) is 0 Å². The molecule has 1 aromatic rings. The third-order valence-corrected chi connectivity index (χ3v) is 4.77. The summed E-state index contributed by atoms with van der Waals surface area (Å²) in [7, 11) is 1.72. The van der Waals surface area contributed by atoms with Gasteiger partial charge in [-0.3, -0.25) is 0 Å². The molecule has 0 saturated heterocycles. The molecule has 3 heteroatoms. The lowest BCUT2D eigenvalue weighted by molar-refractivity contribution is 0.202. The molecule has 1 aliphatic carbocycles. The van der Waals surface area contributed by atoms with E-state index in [2.05, 4.69) is 28.9 Å². The topological polar surface area (TPSA) is 35.2 Å². The predicted octanol–water partition coefficient (Wildman–Crippen LogP) is 3.91. The quantitative estimate of drug-likeness (QED) is 0.918. The van der Waals surface area contributed by atoms with E-state index in [9.17, 15) is 0 Å². The van der Waals surface area contributed by atoms with Crippen LogP contribution in [0.1, 0.15) is 38.2 Å². The van der Waals surface area contributed by atoms with Gasteiger partial charge in [0.2, 0.25) is 0 Å². The average Bonchev–Trinajstić information content (AvgIpc) is 2.33. The molecule has 18 heavy (non-hydrogen) atoms. The van der Waals surface area contributed by atoms with E-state index in [1.54, 1.807) is 7.11 Å². The van der Waals surface area contributed by atoms with Crippen LogP contribution in [0, 0.1) is 5.92 Å². The van der Waals surface area contributed by atoms with E-state index in [4.69, 9.17) is 10.5 Å². The highest BCUT2D eigenvalue weighted by atomic mass is 79.9. The minimum Gasteiger partial charge on any atom is -0.496 e. The van der Waals surface area contributed by atoms with E-state index in [1.165, 1.54) is 24.8 Å². The van der Waals surface area contributed by atoms with Crippen molar-refractivity contribution in [2.75, 3.05) is 7.11 Å². The number of nitrogens with two attached hydrogens (primary N) is 1. The zero-order valence-electron chi connectivity index (χ0n) is 11.2. The summed E-state index contributed by atoms with van der Waals surface area (Å²) in [6.07, 6.45) is 5.82. The molecule has 2 rings (SSSR count). The monoisotopic (exact) mass is 311 g/mol. The normalized spacial score (nSPS) is 28.1. The SMILES string of the molecule is COc1ccc(Br)cc1CC1(N)CCCCC1C. The highest BCUT2D eigenvalue weighted by Gasteiger charge is 2.34. The summed E-state index contributed by atoms with van der Waals surface area (Å²) in [6.45, 7) is 2.28. The molecule has 2 atom stereocenters. The van der Waals surface area contributed by atoms with Crippen molar-refractivity contribution in [1.29, 1.82) is 0 Å². The van der Waals surface area contributed by atoms with Crippen LogP contribution in [0.5, 0.6) is 5.75 Å². The molecule has 0 heterocycles. The van der Waals surface area contributed by atoms with Gasteiger partial charge in [0.25, 0.3) is 0 Å². The van der Waals surface area contributed by atoms with Gasteiger partial charge in [-0.05, 0) is 48.9 Å². The number of hydrogen-bond donors (Lipinski definition) is 1. The first-order valence-electron chi connectivity index (χ1n) is 6.66. The standard InChI is InChI=1S/C15H22BrNO/c1-11-5-3-4-8-15(11,17)10-12-9-13(16)6-7-14(12)18-2/h6-7,9,11H,3-5,8,10,17H2,1-2H3. The fourth-order valence-corrected chi connectivity index (χ4v) is 3.35. The van der Waals surface area contributed by atoms with Crippen molar-refractivity contribution in [2.24, 2.45) is 11.7 Å². The smallest absolute Gasteiger partial charge is 0.122 e. The Morgan fingerprint density at radius 1 is 1.44 bits per heavy atom. The number of methoxy groups -OCH3 is 1. The first-order chi connectivity index (χ1) is 8.55. The van der Waals surface area contributed by atoms with Crippen LogP contribution in [0.4, 0.5) is 0 Å². The van der Waals surface area contributed by atoms with Crippen molar-refractivity contribution in [2.45, 2.75) is 44.6 Å². The van der Waals surface area contributed by atoms with Crippen LogP contribution in [0.15, 0.2) is 22.7 Å². The summed E-state index contributed by atoms with van der Waals surface area (Å²) in [5.41, 5.74) is 7.77. The Bertz CT molecular complexity index is 421. The van der Waals surface area contributed by atoms with Crippen molar-refractivity contribution >= 4 is 15.9 Å². The van der Waals surface area contributed by atoms with Gasteiger partial charge in [0.1, 0.15) is 5.75 Å². The van der Waals surface area contributed by atoms with Crippen LogP contribution in [0.3, 0.4) is 0 Å². The van der Waals surface area contributed by atoms with Gasteiger partial charge in [-0.1, -0.05) is 35.7 Å². The molecule has 0 radical (unpaired) electrons. The molecule has 0 aliphatic heterocycles. The van der Waals surface area contributed by atoms with Gasteiger partial charge < -0.3 is 10.5 Å². The largest absolute Gasteiger partial charge is 0.496 e. The lowest BCUT2D eigenvalue weighted by Crippen LogP contribution is -2.50. The van der Waals surface area contributed by atoms with Crippen LogP contribution in [-0.2, 0) is 6.42 Å². The Kier molecular flexibility index (Phi) is 4.33. The Hall–Kier alpha value is -0.540. The highest BCUT2D eigenvalue weighted by molar-refractivity contribution is 9.10.